The number of hydrogen-bond donors (Lipinski definition) is 2. The van der Waals surface area contributed by atoms with Crippen LogP contribution < -0.4 is 10.5 Å². The van der Waals surface area contributed by atoms with Crippen molar-refractivity contribution in [3.8, 4) is 5.88 Å². The second-order valence-corrected chi connectivity index (χ2v) is 4.75. The fourth-order valence-electron chi connectivity index (χ4n) is 2.38. The SMILES string of the molecule is Cc1ccnc(OCC2CCCC2)c1/C(N)=N/O. The van der Waals surface area contributed by atoms with Gasteiger partial charge in [0, 0.05) is 6.20 Å². The van der Waals surface area contributed by atoms with Crippen LogP contribution in [0.5, 0.6) is 5.88 Å². The number of aromatic nitrogens is 1. The minimum Gasteiger partial charge on any atom is -0.477 e. The van der Waals surface area contributed by atoms with Gasteiger partial charge in [0.2, 0.25) is 5.88 Å². The summed E-state index contributed by atoms with van der Waals surface area (Å²) in [6, 6.07) is 1.82. The number of rotatable bonds is 4. The van der Waals surface area contributed by atoms with Gasteiger partial charge in [0.05, 0.1) is 12.2 Å². The molecule has 1 fully saturated rings. The maximum Gasteiger partial charge on any atom is 0.224 e. The van der Waals surface area contributed by atoms with Gasteiger partial charge in [0.15, 0.2) is 5.84 Å². The van der Waals surface area contributed by atoms with Crippen molar-refractivity contribution in [1.82, 2.24) is 4.98 Å². The number of ether oxygens (including phenoxy) is 1. The topological polar surface area (TPSA) is 80.7 Å². The standard InChI is InChI=1S/C13H19N3O2/c1-9-6-7-15-13(11(9)12(14)16-17)18-8-10-4-2-3-5-10/h6-7,10,17H,2-5,8H2,1H3,(H2,14,16). The molecule has 1 saturated carbocycles. The molecule has 0 bridgehead atoms. The number of aryl methyl sites for hydroxylation is 1. The van der Waals surface area contributed by atoms with E-state index in [1.165, 1.54) is 25.7 Å². The van der Waals surface area contributed by atoms with Crippen molar-refractivity contribution in [3.63, 3.8) is 0 Å². The van der Waals surface area contributed by atoms with E-state index in [0.717, 1.165) is 5.56 Å². The molecule has 0 radical (unpaired) electrons. The van der Waals surface area contributed by atoms with E-state index < -0.39 is 0 Å². The summed E-state index contributed by atoms with van der Waals surface area (Å²) in [5.74, 6) is 1.10. The van der Waals surface area contributed by atoms with E-state index in [0.29, 0.717) is 24.0 Å². The van der Waals surface area contributed by atoms with Gasteiger partial charge in [-0.15, -0.1) is 0 Å². The van der Waals surface area contributed by atoms with Crippen molar-refractivity contribution in [3.05, 3.63) is 23.4 Å². The first-order valence-electron chi connectivity index (χ1n) is 6.28. The van der Waals surface area contributed by atoms with Crippen LogP contribution in [0.4, 0.5) is 0 Å². The summed E-state index contributed by atoms with van der Waals surface area (Å²) in [4.78, 5) is 4.18. The molecule has 5 heteroatoms. The van der Waals surface area contributed by atoms with Crippen molar-refractivity contribution < 1.29 is 9.94 Å². The Bertz CT molecular complexity index is 440. The van der Waals surface area contributed by atoms with Crippen LogP contribution in [0, 0.1) is 12.8 Å². The Labute approximate surface area is 107 Å². The zero-order valence-corrected chi connectivity index (χ0v) is 10.6. The molecule has 0 aliphatic heterocycles. The van der Waals surface area contributed by atoms with E-state index in [1.54, 1.807) is 6.20 Å². The van der Waals surface area contributed by atoms with E-state index in [-0.39, 0.29) is 5.84 Å². The predicted molar refractivity (Wildman–Crippen MR) is 68.9 cm³/mol. The Morgan fingerprint density at radius 2 is 2.28 bits per heavy atom. The monoisotopic (exact) mass is 249 g/mol. The summed E-state index contributed by atoms with van der Waals surface area (Å²) < 4.78 is 5.74. The van der Waals surface area contributed by atoms with Crippen molar-refractivity contribution in [2.45, 2.75) is 32.6 Å². The molecule has 1 aromatic rings. The molecule has 5 nitrogen and oxygen atoms in total. The fourth-order valence-corrected chi connectivity index (χ4v) is 2.38. The van der Waals surface area contributed by atoms with Gasteiger partial charge in [-0.2, -0.15) is 0 Å². The number of amidine groups is 1. The third-order valence-electron chi connectivity index (χ3n) is 3.42. The lowest BCUT2D eigenvalue weighted by atomic mass is 10.1. The van der Waals surface area contributed by atoms with Gasteiger partial charge >= 0.3 is 0 Å². The summed E-state index contributed by atoms with van der Waals surface area (Å²) in [7, 11) is 0. The number of oxime groups is 1. The molecule has 3 N–H and O–H groups in total. The zero-order chi connectivity index (χ0) is 13.0. The van der Waals surface area contributed by atoms with Gasteiger partial charge in [0.1, 0.15) is 0 Å². The minimum absolute atomic E-state index is 0.0435. The van der Waals surface area contributed by atoms with Gasteiger partial charge < -0.3 is 15.7 Å². The van der Waals surface area contributed by atoms with Gasteiger partial charge in [-0.1, -0.05) is 18.0 Å². The predicted octanol–water partition coefficient (Wildman–Crippen LogP) is 2.05. The van der Waals surface area contributed by atoms with E-state index >= 15 is 0 Å². The normalized spacial score (nSPS) is 17.1. The molecule has 18 heavy (non-hydrogen) atoms. The summed E-state index contributed by atoms with van der Waals surface area (Å²) in [6.07, 6.45) is 6.66. The van der Waals surface area contributed by atoms with Crippen LogP contribution in [0.15, 0.2) is 17.4 Å². The highest BCUT2D eigenvalue weighted by atomic mass is 16.5. The zero-order valence-electron chi connectivity index (χ0n) is 10.6. The first-order chi connectivity index (χ1) is 8.72. The summed E-state index contributed by atoms with van der Waals surface area (Å²) in [6.45, 7) is 2.54. The van der Waals surface area contributed by atoms with Crippen LogP contribution in [0.2, 0.25) is 0 Å². The second-order valence-electron chi connectivity index (χ2n) is 4.75. The number of hydrogen-bond acceptors (Lipinski definition) is 4. The molecular weight excluding hydrogens is 230 g/mol. The molecule has 2 rings (SSSR count). The van der Waals surface area contributed by atoms with Crippen molar-refractivity contribution in [1.29, 1.82) is 0 Å². The first-order valence-corrected chi connectivity index (χ1v) is 6.28. The molecule has 1 aliphatic rings. The van der Waals surface area contributed by atoms with Crippen molar-refractivity contribution >= 4 is 5.84 Å². The molecule has 0 amide bonds. The highest BCUT2D eigenvalue weighted by Gasteiger charge is 2.18. The van der Waals surface area contributed by atoms with E-state index in [1.807, 2.05) is 13.0 Å². The van der Waals surface area contributed by atoms with Crippen LogP contribution in [-0.4, -0.2) is 22.6 Å². The fraction of sp³-hybridized carbons (Fsp3) is 0.538. The average molecular weight is 249 g/mol. The molecule has 98 valence electrons. The molecule has 0 spiro atoms. The number of nitrogens with two attached hydrogens (primary N) is 1. The smallest absolute Gasteiger partial charge is 0.224 e. The lowest BCUT2D eigenvalue weighted by Crippen LogP contribution is -2.18. The molecular formula is C13H19N3O2. The molecule has 1 heterocycles. The lowest BCUT2D eigenvalue weighted by molar-refractivity contribution is 0.242. The molecule has 0 saturated heterocycles. The van der Waals surface area contributed by atoms with Crippen LogP contribution in [-0.2, 0) is 0 Å². The largest absolute Gasteiger partial charge is 0.477 e. The van der Waals surface area contributed by atoms with Gasteiger partial charge in [-0.05, 0) is 37.3 Å². The summed E-state index contributed by atoms with van der Waals surface area (Å²) in [5, 5.41) is 11.8. The molecule has 0 aromatic carbocycles. The third-order valence-corrected chi connectivity index (χ3v) is 3.42. The second kappa shape index (κ2) is 5.71. The molecule has 1 aliphatic carbocycles. The molecule has 0 atom stereocenters. The first kappa shape index (κ1) is 12.7. The van der Waals surface area contributed by atoms with Crippen LogP contribution >= 0.6 is 0 Å². The van der Waals surface area contributed by atoms with Crippen LogP contribution in [0.1, 0.15) is 36.8 Å². The van der Waals surface area contributed by atoms with Gasteiger partial charge in [-0.3, -0.25) is 0 Å². The third kappa shape index (κ3) is 2.72. The Hall–Kier alpha value is -1.78. The highest BCUT2D eigenvalue weighted by molar-refractivity contribution is 6.00. The Morgan fingerprint density at radius 1 is 1.56 bits per heavy atom. The number of nitrogens with zero attached hydrogens (tertiary/aromatic N) is 2. The number of pyridine rings is 1. The van der Waals surface area contributed by atoms with Gasteiger partial charge in [0.25, 0.3) is 0 Å². The summed E-state index contributed by atoms with van der Waals surface area (Å²) >= 11 is 0. The Morgan fingerprint density at radius 3 is 2.94 bits per heavy atom. The Kier molecular flexibility index (Phi) is 4.02. The molecule has 0 unspecified atom stereocenters. The van der Waals surface area contributed by atoms with Crippen LogP contribution in [0.25, 0.3) is 0 Å². The van der Waals surface area contributed by atoms with Crippen molar-refractivity contribution in [2.75, 3.05) is 6.61 Å². The van der Waals surface area contributed by atoms with Gasteiger partial charge in [-0.25, -0.2) is 4.98 Å². The maximum absolute atomic E-state index is 8.80. The lowest BCUT2D eigenvalue weighted by Gasteiger charge is -2.14. The summed E-state index contributed by atoms with van der Waals surface area (Å²) in [5.41, 5.74) is 7.13. The minimum atomic E-state index is 0.0435. The molecule has 1 aromatic heterocycles. The van der Waals surface area contributed by atoms with Crippen LogP contribution in [0.3, 0.4) is 0 Å². The highest BCUT2D eigenvalue weighted by Crippen LogP contribution is 2.26. The Balaban J connectivity index is 2.13. The average Bonchev–Trinajstić information content (AvgIpc) is 2.88. The van der Waals surface area contributed by atoms with E-state index in [9.17, 15) is 0 Å². The van der Waals surface area contributed by atoms with E-state index in [2.05, 4.69) is 10.1 Å². The van der Waals surface area contributed by atoms with Crippen molar-refractivity contribution in [2.24, 2.45) is 16.8 Å². The maximum atomic E-state index is 8.80. The quantitative estimate of drug-likeness (QED) is 0.370. The van der Waals surface area contributed by atoms with E-state index in [4.69, 9.17) is 15.7 Å².